The molecule has 0 unspecified atom stereocenters. The number of hydrogen-bond donors (Lipinski definition) is 1. The predicted molar refractivity (Wildman–Crippen MR) is 58.7 cm³/mol. The van der Waals surface area contributed by atoms with Gasteiger partial charge in [-0.15, -0.1) is 0 Å². The number of hydrogen-bond acceptors (Lipinski definition) is 3. The van der Waals surface area contributed by atoms with E-state index in [1.165, 1.54) is 0 Å². The average molecular weight is 248 g/mol. The Kier molecular flexibility index (Phi) is 5.21. The van der Waals surface area contributed by atoms with Crippen molar-refractivity contribution in [1.82, 2.24) is 4.98 Å². The first-order valence-electron chi connectivity index (χ1n) is 5.28. The standard InChI is InChI=1S/C11H15F3N2O/c1-15-9-3-5-16-10(7-9)8-17-6-2-4-11(12,13)14/h3,5,7H,2,4,6,8H2,1H3,(H,15,16). The van der Waals surface area contributed by atoms with Crippen LogP contribution in [-0.2, 0) is 11.3 Å². The molecule has 1 aromatic heterocycles. The van der Waals surface area contributed by atoms with Gasteiger partial charge in [0.1, 0.15) is 0 Å². The molecule has 17 heavy (non-hydrogen) atoms. The van der Waals surface area contributed by atoms with Crippen molar-refractivity contribution in [2.75, 3.05) is 19.0 Å². The summed E-state index contributed by atoms with van der Waals surface area (Å²) >= 11 is 0. The summed E-state index contributed by atoms with van der Waals surface area (Å²) in [5.41, 5.74) is 1.60. The normalized spacial score (nSPS) is 11.5. The molecule has 0 saturated carbocycles. The zero-order valence-corrected chi connectivity index (χ0v) is 9.55. The maximum absolute atomic E-state index is 11.8. The van der Waals surface area contributed by atoms with Crippen LogP contribution in [-0.4, -0.2) is 24.8 Å². The summed E-state index contributed by atoms with van der Waals surface area (Å²) in [4.78, 5) is 4.05. The van der Waals surface area contributed by atoms with Crippen molar-refractivity contribution in [3.63, 3.8) is 0 Å². The van der Waals surface area contributed by atoms with Crippen LogP contribution in [0.5, 0.6) is 0 Å². The number of pyridine rings is 1. The lowest BCUT2D eigenvalue weighted by Gasteiger charge is -2.07. The van der Waals surface area contributed by atoms with Gasteiger partial charge in [0.05, 0.1) is 12.3 Å². The smallest absolute Gasteiger partial charge is 0.388 e. The van der Waals surface area contributed by atoms with Crippen LogP contribution in [0.25, 0.3) is 0 Å². The number of nitrogens with one attached hydrogen (secondary N) is 1. The lowest BCUT2D eigenvalue weighted by Crippen LogP contribution is -2.09. The molecule has 96 valence electrons. The van der Waals surface area contributed by atoms with Crippen molar-refractivity contribution in [3.05, 3.63) is 24.0 Å². The minimum absolute atomic E-state index is 0.0186. The molecule has 1 heterocycles. The molecule has 0 aliphatic heterocycles. The first-order chi connectivity index (χ1) is 8.01. The Labute approximate surface area is 98.0 Å². The number of aromatic nitrogens is 1. The summed E-state index contributed by atoms with van der Waals surface area (Å²) in [5.74, 6) is 0. The van der Waals surface area contributed by atoms with Crippen LogP contribution in [0.3, 0.4) is 0 Å². The average Bonchev–Trinajstić information content (AvgIpc) is 2.27. The van der Waals surface area contributed by atoms with Gasteiger partial charge < -0.3 is 10.1 Å². The minimum atomic E-state index is -4.10. The Morgan fingerprint density at radius 3 is 2.82 bits per heavy atom. The largest absolute Gasteiger partial charge is 0.389 e. The van der Waals surface area contributed by atoms with Gasteiger partial charge in [-0.05, 0) is 18.6 Å². The Morgan fingerprint density at radius 1 is 1.41 bits per heavy atom. The third-order valence-electron chi connectivity index (χ3n) is 2.10. The molecular weight excluding hydrogens is 233 g/mol. The number of nitrogens with zero attached hydrogens (tertiary/aromatic N) is 1. The van der Waals surface area contributed by atoms with Crippen molar-refractivity contribution >= 4 is 5.69 Å². The van der Waals surface area contributed by atoms with Gasteiger partial charge in [0.25, 0.3) is 0 Å². The molecule has 1 aromatic rings. The highest BCUT2D eigenvalue weighted by Gasteiger charge is 2.25. The van der Waals surface area contributed by atoms with Crippen LogP contribution in [0.1, 0.15) is 18.5 Å². The number of rotatable bonds is 6. The van der Waals surface area contributed by atoms with Gasteiger partial charge in [0, 0.05) is 32.0 Å². The highest BCUT2D eigenvalue weighted by molar-refractivity contribution is 5.42. The highest BCUT2D eigenvalue weighted by atomic mass is 19.4. The Hall–Kier alpha value is -1.30. The monoisotopic (exact) mass is 248 g/mol. The second kappa shape index (κ2) is 6.44. The number of ether oxygens (including phenoxy) is 1. The van der Waals surface area contributed by atoms with E-state index in [0.717, 1.165) is 5.69 Å². The zero-order chi connectivity index (χ0) is 12.7. The van der Waals surface area contributed by atoms with Crippen LogP contribution in [0.15, 0.2) is 18.3 Å². The van der Waals surface area contributed by atoms with Gasteiger partial charge in [-0.1, -0.05) is 0 Å². The highest BCUT2D eigenvalue weighted by Crippen LogP contribution is 2.21. The first-order valence-corrected chi connectivity index (χ1v) is 5.28. The lowest BCUT2D eigenvalue weighted by atomic mass is 10.3. The molecule has 0 radical (unpaired) electrons. The summed E-state index contributed by atoms with van der Waals surface area (Å²) in [6, 6.07) is 3.59. The van der Waals surface area contributed by atoms with E-state index in [-0.39, 0.29) is 19.6 Å². The fraction of sp³-hybridized carbons (Fsp3) is 0.545. The van der Waals surface area contributed by atoms with E-state index in [9.17, 15) is 13.2 Å². The number of halogens is 3. The van der Waals surface area contributed by atoms with E-state index in [0.29, 0.717) is 5.69 Å². The third-order valence-corrected chi connectivity index (χ3v) is 2.10. The van der Waals surface area contributed by atoms with Gasteiger partial charge in [-0.2, -0.15) is 13.2 Å². The molecule has 0 aliphatic carbocycles. The quantitative estimate of drug-likeness (QED) is 0.786. The second-order valence-corrected chi connectivity index (χ2v) is 3.56. The lowest BCUT2D eigenvalue weighted by molar-refractivity contribution is -0.138. The second-order valence-electron chi connectivity index (χ2n) is 3.56. The number of alkyl halides is 3. The van der Waals surface area contributed by atoms with Crippen molar-refractivity contribution in [3.8, 4) is 0 Å². The molecule has 1 N–H and O–H groups in total. The molecule has 0 fully saturated rings. The maximum atomic E-state index is 11.8. The summed E-state index contributed by atoms with van der Waals surface area (Å²) < 4.78 is 40.6. The van der Waals surface area contributed by atoms with Gasteiger partial charge in [0.2, 0.25) is 0 Å². The molecule has 3 nitrogen and oxygen atoms in total. The van der Waals surface area contributed by atoms with E-state index in [2.05, 4.69) is 10.3 Å². The summed E-state index contributed by atoms with van der Waals surface area (Å²) in [6.07, 6.45) is -3.31. The molecule has 0 amide bonds. The Bertz CT molecular complexity index is 342. The molecule has 0 bridgehead atoms. The molecule has 6 heteroatoms. The van der Waals surface area contributed by atoms with Gasteiger partial charge in [-0.25, -0.2) is 0 Å². The van der Waals surface area contributed by atoms with Gasteiger partial charge >= 0.3 is 6.18 Å². The van der Waals surface area contributed by atoms with Gasteiger partial charge in [-0.3, -0.25) is 4.98 Å². The molecule has 0 saturated heterocycles. The van der Waals surface area contributed by atoms with Crippen LogP contribution in [0.4, 0.5) is 18.9 Å². The van der Waals surface area contributed by atoms with Crippen LogP contribution < -0.4 is 5.32 Å². The molecule has 0 spiro atoms. The topological polar surface area (TPSA) is 34.2 Å². The molecule has 0 aromatic carbocycles. The van der Waals surface area contributed by atoms with Crippen LogP contribution in [0, 0.1) is 0 Å². The van der Waals surface area contributed by atoms with Crippen molar-refractivity contribution in [1.29, 1.82) is 0 Å². The van der Waals surface area contributed by atoms with Crippen LogP contribution >= 0.6 is 0 Å². The molecule has 0 aliphatic rings. The Balaban J connectivity index is 2.22. The van der Waals surface area contributed by atoms with Crippen LogP contribution in [0.2, 0.25) is 0 Å². The van der Waals surface area contributed by atoms with Crippen molar-refractivity contribution < 1.29 is 17.9 Å². The SMILES string of the molecule is CNc1ccnc(COCCCC(F)(F)F)c1. The first kappa shape index (κ1) is 13.8. The fourth-order valence-corrected chi connectivity index (χ4v) is 1.26. The predicted octanol–water partition coefficient (Wildman–Crippen LogP) is 2.98. The van der Waals surface area contributed by atoms with E-state index in [1.807, 2.05) is 0 Å². The Morgan fingerprint density at radius 2 is 2.18 bits per heavy atom. The minimum Gasteiger partial charge on any atom is -0.388 e. The zero-order valence-electron chi connectivity index (χ0n) is 9.55. The van der Waals surface area contributed by atoms with E-state index in [1.54, 1.807) is 25.4 Å². The van der Waals surface area contributed by atoms with E-state index < -0.39 is 12.6 Å². The summed E-state index contributed by atoms with van der Waals surface area (Å²) in [6.45, 7) is 0.318. The molecule has 1 rings (SSSR count). The van der Waals surface area contributed by atoms with E-state index in [4.69, 9.17) is 4.74 Å². The molecule has 0 atom stereocenters. The number of anilines is 1. The van der Waals surface area contributed by atoms with Gasteiger partial charge in [0.15, 0.2) is 0 Å². The van der Waals surface area contributed by atoms with Crippen molar-refractivity contribution in [2.24, 2.45) is 0 Å². The molecular formula is C11H15F3N2O. The fourth-order valence-electron chi connectivity index (χ4n) is 1.26. The third kappa shape index (κ3) is 6.11. The summed E-state index contributed by atoms with van der Waals surface area (Å²) in [7, 11) is 1.78. The maximum Gasteiger partial charge on any atom is 0.389 e. The summed E-state index contributed by atoms with van der Waals surface area (Å²) in [5, 5.41) is 2.94. The van der Waals surface area contributed by atoms with E-state index >= 15 is 0 Å². The van der Waals surface area contributed by atoms with Crippen molar-refractivity contribution in [2.45, 2.75) is 25.6 Å².